The normalized spacial score (nSPS) is 15.4. The summed E-state index contributed by atoms with van der Waals surface area (Å²) in [5.41, 5.74) is 1.12. The van der Waals surface area contributed by atoms with E-state index in [0.29, 0.717) is 5.19 Å². The van der Waals surface area contributed by atoms with Gasteiger partial charge in [0, 0.05) is 7.11 Å². The quantitative estimate of drug-likeness (QED) is 0.662. The van der Waals surface area contributed by atoms with Crippen molar-refractivity contribution in [2.24, 2.45) is 0 Å². The lowest BCUT2D eigenvalue weighted by Gasteiger charge is -2.20. The maximum atomic E-state index is 9.86. The third-order valence-electron chi connectivity index (χ3n) is 2.05. The molecule has 0 bridgehead atoms. The summed E-state index contributed by atoms with van der Waals surface area (Å²) in [4.78, 5) is 9.86. The summed E-state index contributed by atoms with van der Waals surface area (Å²) in [6, 6.07) is 7.37. The third-order valence-corrected chi connectivity index (χ3v) is 4.39. The molecule has 0 aliphatic heterocycles. The van der Waals surface area contributed by atoms with Crippen molar-refractivity contribution in [2.75, 3.05) is 13.3 Å². The monoisotopic (exact) mass is 198 g/mol. The molecule has 0 aromatic heterocycles. The summed E-state index contributed by atoms with van der Waals surface area (Å²) in [6.45, 7) is 1.97. The summed E-state index contributed by atoms with van der Waals surface area (Å²) < 4.78 is 4.96. The maximum absolute atomic E-state index is 9.86. The minimum Gasteiger partial charge on any atom is -0.406 e. The van der Waals surface area contributed by atoms with Gasteiger partial charge in [0.05, 0.1) is 6.23 Å². The lowest BCUT2D eigenvalue weighted by atomic mass is 10.2. The molecule has 3 nitrogen and oxygen atoms in total. The Morgan fingerprint density at radius 1 is 1.31 bits per heavy atom. The van der Waals surface area contributed by atoms with Crippen LogP contribution in [0, 0.1) is 6.92 Å². The van der Waals surface area contributed by atoms with Crippen molar-refractivity contribution in [3.63, 3.8) is 0 Å². The zero-order chi connectivity index (χ0) is 9.90. The first-order chi connectivity index (χ1) is 6.12. The maximum Gasteiger partial charge on any atom is 0.395 e. The number of benzene rings is 1. The number of hydrogen-bond donors (Lipinski definition) is 2. The molecule has 1 rings (SSSR count). The van der Waals surface area contributed by atoms with Gasteiger partial charge in [-0.05, 0) is 12.1 Å². The summed E-state index contributed by atoms with van der Waals surface area (Å²) in [5.74, 6) is 0. The minimum absolute atomic E-state index is 0.313. The van der Waals surface area contributed by atoms with Crippen LogP contribution in [0.4, 0.5) is 0 Å². The Labute approximate surface area is 78.9 Å². The Balaban J connectivity index is 2.99. The molecule has 1 aromatic rings. The number of aliphatic hydroxyl groups excluding tert-OH is 1. The SMILES string of the molecule is CO[Si](O)(CO)c1ccc(C)cc1. The van der Waals surface area contributed by atoms with E-state index >= 15 is 0 Å². The second-order valence-electron chi connectivity index (χ2n) is 3.01. The Morgan fingerprint density at radius 2 is 1.85 bits per heavy atom. The van der Waals surface area contributed by atoms with E-state index in [4.69, 9.17) is 9.53 Å². The van der Waals surface area contributed by atoms with Crippen molar-refractivity contribution in [3.8, 4) is 0 Å². The van der Waals surface area contributed by atoms with Crippen LogP contribution in [0.15, 0.2) is 24.3 Å². The Morgan fingerprint density at radius 3 is 2.23 bits per heavy atom. The number of hydrogen-bond acceptors (Lipinski definition) is 3. The van der Waals surface area contributed by atoms with E-state index in [0.717, 1.165) is 5.56 Å². The fraction of sp³-hybridized carbons (Fsp3) is 0.333. The van der Waals surface area contributed by atoms with Gasteiger partial charge < -0.3 is 14.3 Å². The summed E-state index contributed by atoms with van der Waals surface area (Å²) in [7, 11) is -1.62. The van der Waals surface area contributed by atoms with E-state index in [9.17, 15) is 4.80 Å². The lowest BCUT2D eigenvalue weighted by Crippen LogP contribution is -2.54. The van der Waals surface area contributed by atoms with Crippen molar-refractivity contribution < 1.29 is 14.3 Å². The summed E-state index contributed by atoms with van der Waals surface area (Å²) in [5, 5.41) is 9.69. The highest BCUT2D eigenvalue weighted by atomic mass is 28.4. The largest absolute Gasteiger partial charge is 0.406 e. The summed E-state index contributed by atoms with van der Waals surface area (Å²) in [6.07, 6.45) is -0.313. The Bertz CT molecular complexity index is 267. The molecule has 1 atom stereocenters. The number of aliphatic hydroxyl groups is 1. The lowest BCUT2D eigenvalue weighted by molar-refractivity contribution is 0.241. The van der Waals surface area contributed by atoms with Gasteiger partial charge >= 0.3 is 8.56 Å². The molecule has 0 amide bonds. The standard InChI is InChI=1S/C9H14O3Si/c1-8-3-5-9(6-4-8)13(11,7-10)12-2/h3-6,10-11H,7H2,1-2H3. The van der Waals surface area contributed by atoms with Gasteiger partial charge in [-0.2, -0.15) is 0 Å². The van der Waals surface area contributed by atoms with Gasteiger partial charge in [0.1, 0.15) is 0 Å². The van der Waals surface area contributed by atoms with E-state index in [2.05, 4.69) is 0 Å². The molecule has 72 valence electrons. The molecule has 0 aliphatic rings. The predicted molar refractivity (Wildman–Crippen MR) is 52.9 cm³/mol. The van der Waals surface area contributed by atoms with Crippen LogP contribution in [-0.2, 0) is 4.43 Å². The Hall–Kier alpha value is -0.683. The van der Waals surface area contributed by atoms with Crippen LogP contribution in [0.2, 0.25) is 0 Å². The van der Waals surface area contributed by atoms with E-state index in [1.165, 1.54) is 7.11 Å². The van der Waals surface area contributed by atoms with E-state index in [1.54, 1.807) is 12.1 Å². The average Bonchev–Trinajstić information content (AvgIpc) is 2.18. The van der Waals surface area contributed by atoms with Crippen molar-refractivity contribution >= 4 is 13.7 Å². The Kier molecular flexibility index (Phi) is 3.21. The highest BCUT2D eigenvalue weighted by molar-refractivity contribution is 6.79. The van der Waals surface area contributed by atoms with Gasteiger partial charge in [-0.3, -0.25) is 0 Å². The molecule has 2 N–H and O–H groups in total. The molecule has 0 saturated heterocycles. The van der Waals surface area contributed by atoms with Crippen LogP contribution in [0.5, 0.6) is 0 Å². The first kappa shape index (κ1) is 10.4. The van der Waals surface area contributed by atoms with Gasteiger partial charge in [0.25, 0.3) is 0 Å². The second-order valence-corrected chi connectivity index (χ2v) is 5.88. The predicted octanol–water partition coefficient (Wildman–Crippen LogP) is -0.186. The highest BCUT2D eigenvalue weighted by Crippen LogP contribution is 2.01. The van der Waals surface area contributed by atoms with E-state index in [-0.39, 0.29) is 6.23 Å². The first-order valence-corrected chi connectivity index (χ1v) is 6.14. The van der Waals surface area contributed by atoms with Gasteiger partial charge in [-0.15, -0.1) is 0 Å². The zero-order valence-corrected chi connectivity index (χ0v) is 8.82. The molecule has 0 saturated carbocycles. The van der Waals surface area contributed by atoms with Crippen LogP contribution in [-0.4, -0.2) is 31.8 Å². The second kappa shape index (κ2) is 4.02. The molecular formula is C9H14O3Si. The third kappa shape index (κ3) is 2.16. The zero-order valence-electron chi connectivity index (χ0n) is 7.82. The van der Waals surface area contributed by atoms with Gasteiger partial charge in [-0.1, -0.05) is 29.8 Å². The molecule has 0 heterocycles. The molecule has 0 aliphatic carbocycles. The molecule has 0 fully saturated rings. The fourth-order valence-corrected chi connectivity index (χ4v) is 2.32. The van der Waals surface area contributed by atoms with Crippen LogP contribution in [0.25, 0.3) is 0 Å². The molecule has 13 heavy (non-hydrogen) atoms. The molecule has 1 aromatic carbocycles. The van der Waals surface area contributed by atoms with E-state index in [1.807, 2.05) is 19.1 Å². The molecule has 4 heteroatoms. The van der Waals surface area contributed by atoms with E-state index < -0.39 is 8.56 Å². The molecule has 0 spiro atoms. The van der Waals surface area contributed by atoms with Crippen molar-refractivity contribution in [1.82, 2.24) is 0 Å². The van der Waals surface area contributed by atoms with Crippen LogP contribution >= 0.6 is 0 Å². The highest BCUT2D eigenvalue weighted by Gasteiger charge is 2.34. The van der Waals surface area contributed by atoms with Crippen LogP contribution in [0.1, 0.15) is 5.56 Å². The molecular weight excluding hydrogens is 184 g/mol. The van der Waals surface area contributed by atoms with Gasteiger partial charge in [0.15, 0.2) is 0 Å². The molecule has 1 unspecified atom stereocenters. The average molecular weight is 198 g/mol. The van der Waals surface area contributed by atoms with Gasteiger partial charge in [-0.25, -0.2) is 0 Å². The van der Waals surface area contributed by atoms with Crippen molar-refractivity contribution in [2.45, 2.75) is 6.92 Å². The fourth-order valence-electron chi connectivity index (χ4n) is 1.09. The number of aryl methyl sites for hydroxylation is 1. The van der Waals surface area contributed by atoms with Crippen molar-refractivity contribution in [3.05, 3.63) is 29.8 Å². The van der Waals surface area contributed by atoms with Crippen molar-refractivity contribution in [1.29, 1.82) is 0 Å². The summed E-state index contributed by atoms with van der Waals surface area (Å²) >= 11 is 0. The van der Waals surface area contributed by atoms with Crippen LogP contribution < -0.4 is 5.19 Å². The smallest absolute Gasteiger partial charge is 0.395 e. The van der Waals surface area contributed by atoms with Crippen LogP contribution in [0.3, 0.4) is 0 Å². The minimum atomic E-state index is -3.04. The molecule has 0 radical (unpaired) electrons. The van der Waals surface area contributed by atoms with Gasteiger partial charge in [0.2, 0.25) is 0 Å². The first-order valence-electron chi connectivity index (χ1n) is 4.08. The number of rotatable bonds is 3. The topological polar surface area (TPSA) is 49.7 Å².